The number of β-amino-alcohol motifs (C(OH)–C–C–N with tert-alkyl or cyclic N) is 2. The Balaban J connectivity index is 2.40. The average molecular weight is 217 g/mol. The summed E-state index contributed by atoms with van der Waals surface area (Å²) in [6.45, 7) is 7.77. The number of rotatable bonds is 6. The molecule has 0 aliphatic carbocycles. The lowest BCUT2D eigenvalue weighted by Gasteiger charge is -2.41. The zero-order valence-corrected chi connectivity index (χ0v) is 9.60. The van der Waals surface area contributed by atoms with Gasteiger partial charge in [0.25, 0.3) is 0 Å². The largest absolute Gasteiger partial charge is 0.395 e. The zero-order chi connectivity index (χ0) is 11.1. The Kier molecular flexibility index (Phi) is 6.12. The van der Waals surface area contributed by atoms with Crippen molar-refractivity contribution in [3.8, 4) is 0 Å². The summed E-state index contributed by atoms with van der Waals surface area (Å²) in [5.41, 5.74) is 0. The lowest BCUT2D eigenvalue weighted by molar-refractivity contribution is -0.0399. The molecular formula is C10H23N3O2. The Labute approximate surface area is 91.9 Å². The van der Waals surface area contributed by atoms with E-state index in [1.54, 1.807) is 0 Å². The van der Waals surface area contributed by atoms with E-state index in [0.717, 1.165) is 33.0 Å². The van der Waals surface area contributed by atoms with Gasteiger partial charge < -0.3 is 10.2 Å². The number of aliphatic hydroxyl groups is 2. The third kappa shape index (κ3) is 4.44. The SMILES string of the molecule is CCCN1CN(CCO)CN(CCO)C1. The summed E-state index contributed by atoms with van der Waals surface area (Å²) in [5.74, 6) is 0. The molecule has 0 amide bonds. The van der Waals surface area contributed by atoms with Gasteiger partial charge in [0.15, 0.2) is 0 Å². The molecular weight excluding hydrogens is 194 g/mol. The van der Waals surface area contributed by atoms with E-state index in [9.17, 15) is 0 Å². The fourth-order valence-corrected chi connectivity index (χ4v) is 2.01. The van der Waals surface area contributed by atoms with E-state index in [2.05, 4.69) is 21.6 Å². The molecule has 1 heterocycles. The predicted molar refractivity (Wildman–Crippen MR) is 59.2 cm³/mol. The van der Waals surface area contributed by atoms with Crippen LogP contribution in [0.1, 0.15) is 13.3 Å². The molecule has 1 saturated heterocycles. The summed E-state index contributed by atoms with van der Waals surface area (Å²) in [7, 11) is 0. The Morgan fingerprint density at radius 3 is 1.53 bits per heavy atom. The van der Waals surface area contributed by atoms with Gasteiger partial charge in [0.1, 0.15) is 0 Å². The molecule has 1 aliphatic rings. The van der Waals surface area contributed by atoms with Crippen LogP contribution in [0.3, 0.4) is 0 Å². The van der Waals surface area contributed by atoms with Gasteiger partial charge in [0.05, 0.1) is 33.2 Å². The van der Waals surface area contributed by atoms with Crippen molar-refractivity contribution in [3.63, 3.8) is 0 Å². The molecule has 0 radical (unpaired) electrons. The van der Waals surface area contributed by atoms with Crippen LogP contribution in [0.4, 0.5) is 0 Å². The highest BCUT2D eigenvalue weighted by molar-refractivity contribution is 4.68. The van der Waals surface area contributed by atoms with Crippen LogP contribution >= 0.6 is 0 Å². The van der Waals surface area contributed by atoms with Crippen LogP contribution in [0.2, 0.25) is 0 Å². The van der Waals surface area contributed by atoms with Crippen molar-refractivity contribution in [1.82, 2.24) is 14.7 Å². The van der Waals surface area contributed by atoms with Crippen molar-refractivity contribution < 1.29 is 10.2 Å². The van der Waals surface area contributed by atoms with E-state index >= 15 is 0 Å². The van der Waals surface area contributed by atoms with Crippen LogP contribution in [-0.4, -0.2) is 77.8 Å². The number of hydrogen-bond acceptors (Lipinski definition) is 5. The quantitative estimate of drug-likeness (QED) is 0.608. The summed E-state index contributed by atoms with van der Waals surface area (Å²) in [6, 6.07) is 0. The van der Waals surface area contributed by atoms with Gasteiger partial charge in [-0.3, -0.25) is 14.7 Å². The summed E-state index contributed by atoms with van der Waals surface area (Å²) in [6.07, 6.45) is 1.14. The molecule has 1 aliphatic heterocycles. The third-order valence-electron chi connectivity index (χ3n) is 2.57. The first-order chi connectivity index (χ1) is 7.30. The van der Waals surface area contributed by atoms with E-state index in [4.69, 9.17) is 10.2 Å². The average Bonchev–Trinajstić information content (AvgIpc) is 2.19. The fraction of sp³-hybridized carbons (Fsp3) is 1.00. The molecule has 5 heteroatoms. The minimum Gasteiger partial charge on any atom is -0.395 e. The zero-order valence-electron chi connectivity index (χ0n) is 9.60. The Morgan fingerprint density at radius 2 is 1.20 bits per heavy atom. The topological polar surface area (TPSA) is 50.2 Å². The first-order valence-corrected chi connectivity index (χ1v) is 5.69. The highest BCUT2D eigenvalue weighted by atomic mass is 16.3. The van der Waals surface area contributed by atoms with Gasteiger partial charge in [-0.2, -0.15) is 0 Å². The second-order valence-electron chi connectivity index (χ2n) is 4.05. The molecule has 0 bridgehead atoms. The molecule has 90 valence electrons. The maximum atomic E-state index is 8.92. The minimum absolute atomic E-state index is 0.201. The molecule has 0 atom stereocenters. The maximum absolute atomic E-state index is 8.92. The molecule has 0 aromatic carbocycles. The molecule has 2 N–H and O–H groups in total. The lowest BCUT2D eigenvalue weighted by atomic mass is 10.4. The van der Waals surface area contributed by atoms with Gasteiger partial charge >= 0.3 is 0 Å². The van der Waals surface area contributed by atoms with Crippen LogP contribution in [0.5, 0.6) is 0 Å². The standard InChI is InChI=1S/C10H23N3O2/c1-2-3-11-8-12(4-6-14)10-13(9-11)5-7-15/h14-15H,2-10H2,1H3. The lowest BCUT2D eigenvalue weighted by Crippen LogP contribution is -2.56. The first kappa shape index (κ1) is 12.9. The number of nitrogens with zero attached hydrogens (tertiary/aromatic N) is 3. The van der Waals surface area contributed by atoms with E-state index in [1.807, 2.05) is 0 Å². The minimum atomic E-state index is 0.201. The van der Waals surface area contributed by atoms with Crippen molar-refractivity contribution in [2.75, 3.05) is 52.9 Å². The normalized spacial score (nSPS) is 21.0. The van der Waals surface area contributed by atoms with Gasteiger partial charge in [-0.05, 0) is 6.42 Å². The molecule has 1 rings (SSSR count). The molecule has 0 aromatic heterocycles. The van der Waals surface area contributed by atoms with Gasteiger partial charge in [-0.15, -0.1) is 0 Å². The van der Waals surface area contributed by atoms with E-state index in [0.29, 0.717) is 13.1 Å². The summed E-state index contributed by atoms with van der Waals surface area (Å²) < 4.78 is 0. The molecule has 0 saturated carbocycles. The molecule has 0 unspecified atom stereocenters. The second-order valence-corrected chi connectivity index (χ2v) is 4.05. The van der Waals surface area contributed by atoms with Gasteiger partial charge in [0, 0.05) is 19.6 Å². The Morgan fingerprint density at radius 1 is 0.800 bits per heavy atom. The summed E-state index contributed by atoms with van der Waals surface area (Å²) >= 11 is 0. The molecule has 0 aromatic rings. The van der Waals surface area contributed by atoms with Crippen LogP contribution in [0, 0.1) is 0 Å². The molecule has 5 nitrogen and oxygen atoms in total. The Bertz CT molecular complexity index is 134. The van der Waals surface area contributed by atoms with Crippen LogP contribution in [-0.2, 0) is 0 Å². The van der Waals surface area contributed by atoms with E-state index in [1.165, 1.54) is 0 Å². The fourth-order valence-electron chi connectivity index (χ4n) is 2.01. The van der Waals surface area contributed by atoms with Crippen molar-refractivity contribution in [2.45, 2.75) is 13.3 Å². The van der Waals surface area contributed by atoms with Gasteiger partial charge in [-0.1, -0.05) is 6.92 Å². The number of aliphatic hydroxyl groups excluding tert-OH is 2. The third-order valence-corrected chi connectivity index (χ3v) is 2.57. The van der Waals surface area contributed by atoms with Gasteiger partial charge in [0.2, 0.25) is 0 Å². The summed E-state index contributed by atoms with van der Waals surface area (Å²) in [5, 5.41) is 17.8. The van der Waals surface area contributed by atoms with Crippen molar-refractivity contribution in [1.29, 1.82) is 0 Å². The van der Waals surface area contributed by atoms with Crippen LogP contribution in [0.15, 0.2) is 0 Å². The predicted octanol–water partition coefficient (Wildman–Crippen LogP) is -0.827. The van der Waals surface area contributed by atoms with Gasteiger partial charge in [-0.25, -0.2) is 0 Å². The molecule has 0 spiro atoms. The highest BCUT2D eigenvalue weighted by Crippen LogP contribution is 2.07. The monoisotopic (exact) mass is 217 g/mol. The molecule has 1 fully saturated rings. The van der Waals surface area contributed by atoms with E-state index in [-0.39, 0.29) is 13.2 Å². The summed E-state index contributed by atoms with van der Waals surface area (Å²) in [4.78, 5) is 6.75. The highest BCUT2D eigenvalue weighted by Gasteiger charge is 2.21. The Hall–Kier alpha value is -0.200. The van der Waals surface area contributed by atoms with Crippen molar-refractivity contribution in [3.05, 3.63) is 0 Å². The smallest absolute Gasteiger partial charge is 0.0559 e. The van der Waals surface area contributed by atoms with Crippen molar-refractivity contribution >= 4 is 0 Å². The number of hydrogen-bond donors (Lipinski definition) is 2. The van der Waals surface area contributed by atoms with E-state index < -0.39 is 0 Å². The van der Waals surface area contributed by atoms with Crippen molar-refractivity contribution in [2.24, 2.45) is 0 Å². The second kappa shape index (κ2) is 7.14. The maximum Gasteiger partial charge on any atom is 0.0559 e. The van der Waals surface area contributed by atoms with Crippen LogP contribution < -0.4 is 0 Å². The first-order valence-electron chi connectivity index (χ1n) is 5.69. The molecule has 15 heavy (non-hydrogen) atoms. The van der Waals surface area contributed by atoms with Crippen LogP contribution in [0.25, 0.3) is 0 Å².